The number of nitrogens with one attached hydrogen (secondary N) is 1. The SMILES string of the molecule is CNCc1cccc(C[C@H](N)C(C)=O)c1. The van der Waals surface area contributed by atoms with Crippen LogP contribution in [-0.2, 0) is 17.8 Å². The molecule has 0 aliphatic carbocycles. The fraction of sp³-hybridized carbons (Fsp3) is 0.417. The zero-order valence-electron chi connectivity index (χ0n) is 9.29. The Morgan fingerprint density at radius 2 is 2.13 bits per heavy atom. The zero-order valence-corrected chi connectivity index (χ0v) is 9.29. The van der Waals surface area contributed by atoms with E-state index in [4.69, 9.17) is 5.73 Å². The molecule has 0 saturated heterocycles. The quantitative estimate of drug-likeness (QED) is 0.751. The summed E-state index contributed by atoms with van der Waals surface area (Å²) >= 11 is 0. The molecule has 0 saturated carbocycles. The van der Waals surface area contributed by atoms with Crippen molar-refractivity contribution in [2.75, 3.05) is 7.05 Å². The van der Waals surface area contributed by atoms with Gasteiger partial charge in [-0.25, -0.2) is 0 Å². The molecule has 1 rings (SSSR count). The summed E-state index contributed by atoms with van der Waals surface area (Å²) in [5.74, 6) is 0.0361. The van der Waals surface area contributed by atoms with Gasteiger partial charge in [0.05, 0.1) is 6.04 Å². The van der Waals surface area contributed by atoms with Gasteiger partial charge in [0.15, 0.2) is 0 Å². The molecule has 1 aromatic rings. The van der Waals surface area contributed by atoms with Crippen LogP contribution < -0.4 is 11.1 Å². The Morgan fingerprint density at radius 3 is 2.73 bits per heavy atom. The topological polar surface area (TPSA) is 55.1 Å². The first-order chi connectivity index (χ1) is 7.13. The minimum atomic E-state index is -0.380. The third-order valence-electron chi connectivity index (χ3n) is 2.35. The molecule has 0 unspecified atom stereocenters. The van der Waals surface area contributed by atoms with Gasteiger partial charge in [-0.15, -0.1) is 0 Å². The number of carbonyl (C=O) groups excluding carboxylic acids is 1. The Hall–Kier alpha value is -1.19. The Kier molecular flexibility index (Phi) is 4.46. The third-order valence-corrected chi connectivity index (χ3v) is 2.35. The highest BCUT2D eigenvalue weighted by Crippen LogP contribution is 2.07. The Labute approximate surface area is 90.7 Å². The van der Waals surface area contributed by atoms with Crippen LogP contribution in [0.3, 0.4) is 0 Å². The lowest BCUT2D eigenvalue weighted by molar-refractivity contribution is -0.118. The van der Waals surface area contributed by atoms with Crippen LogP contribution in [0.1, 0.15) is 18.1 Å². The van der Waals surface area contributed by atoms with Crippen LogP contribution in [0.4, 0.5) is 0 Å². The molecule has 0 aliphatic heterocycles. The molecule has 0 aromatic heterocycles. The minimum Gasteiger partial charge on any atom is -0.321 e. The maximum atomic E-state index is 11.0. The maximum Gasteiger partial charge on any atom is 0.146 e. The highest BCUT2D eigenvalue weighted by atomic mass is 16.1. The van der Waals surface area contributed by atoms with Crippen molar-refractivity contribution in [1.29, 1.82) is 0 Å². The van der Waals surface area contributed by atoms with E-state index in [0.29, 0.717) is 6.42 Å². The highest BCUT2D eigenvalue weighted by molar-refractivity contribution is 5.81. The smallest absolute Gasteiger partial charge is 0.146 e. The van der Waals surface area contributed by atoms with Gasteiger partial charge in [0.1, 0.15) is 5.78 Å². The normalized spacial score (nSPS) is 12.5. The molecule has 3 nitrogen and oxygen atoms in total. The van der Waals surface area contributed by atoms with Crippen LogP contribution in [0.25, 0.3) is 0 Å². The molecule has 0 heterocycles. The third kappa shape index (κ3) is 3.81. The van der Waals surface area contributed by atoms with Crippen LogP contribution in [0, 0.1) is 0 Å². The molecule has 1 aromatic carbocycles. The van der Waals surface area contributed by atoms with E-state index in [1.807, 2.05) is 19.2 Å². The maximum absolute atomic E-state index is 11.0. The van der Waals surface area contributed by atoms with Crippen molar-refractivity contribution in [2.45, 2.75) is 25.9 Å². The molecule has 3 heteroatoms. The van der Waals surface area contributed by atoms with E-state index in [0.717, 1.165) is 12.1 Å². The Balaban J connectivity index is 2.68. The predicted molar refractivity (Wildman–Crippen MR) is 61.6 cm³/mol. The minimum absolute atomic E-state index is 0.0361. The van der Waals surface area contributed by atoms with E-state index >= 15 is 0 Å². The standard InChI is InChI=1S/C12H18N2O/c1-9(15)12(13)7-10-4-3-5-11(6-10)8-14-2/h3-6,12,14H,7-8,13H2,1-2H3/t12-/m0/s1. The molecule has 3 N–H and O–H groups in total. The second-order valence-electron chi connectivity index (χ2n) is 3.77. The highest BCUT2D eigenvalue weighted by Gasteiger charge is 2.08. The molecule has 0 radical (unpaired) electrons. The summed E-state index contributed by atoms with van der Waals surface area (Å²) < 4.78 is 0. The van der Waals surface area contributed by atoms with Gasteiger partial charge in [-0.2, -0.15) is 0 Å². The van der Waals surface area contributed by atoms with Gasteiger partial charge in [-0.3, -0.25) is 4.79 Å². The number of nitrogens with two attached hydrogens (primary N) is 1. The van der Waals surface area contributed by atoms with Crippen LogP contribution >= 0.6 is 0 Å². The predicted octanol–water partition coefficient (Wildman–Crippen LogP) is 0.865. The van der Waals surface area contributed by atoms with Crippen molar-refractivity contribution in [2.24, 2.45) is 5.73 Å². The van der Waals surface area contributed by atoms with E-state index in [1.165, 1.54) is 12.5 Å². The van der Waals surface area contributed by atoms with Gasteiger partial charge >= 0.3 is 0 Å². The lowest BCUT2D eigenvalue weighted by atomic mass is 10.0. The summed E-state index contributed by atoms with van der Waals surface area (Å²) in [6.07, 6.45) is 0.618. The number of Topliss-reactive ketones (excluding diaryl/α,β-unsaturated/α-hetero) is 1. The molecule has 0 aliphatic rings. The molecule has 0 amide bonds. The zero-order chi connectivity index (χ0) is 11.3. The number of ketones is 1. The van der Waals surface area contributed by atoms with Gasteiger partial charge in [0, 0.05) is 6.54 Å². The van der Waals surface area contributed by atoms with E-state index in [2.05, 4.69) is 17.4 Å². The molecule has 15 heavy (non-hydrogen) atoms. The number of benzene rings is 1. The van der Waals surface area contributed by atoms with E-state index in [1.54, 1.807) is 0 Å². The summed E-state index contributed by atoms with van der Waals surface area (Å²) in [5.41, 5.74) is 8.04. The molecule has 0 spiro atoms. The molecule has 0 bridgehead atoms. The number of hydrogen-bond donors (Lipinski definition) is 2. The average Bonchev–Trinajstić information content (AvgIpc) is 2.18. The largest absolute Gasteiger partial charge is 0.321 e. The fourth-order valence-corrected chi connectivity index (χ4v) is 1.47. The first-order valence-electron chi connectivity index (χ1n) is 5.12. The molecule has 1 atom stereocenters. The van der Waals surface area contributed by atoms with Crippen molar-refractivity contribution in [1.82, 2.24) is 5.32 Å². The van der Waals surface area contributed by atoms with Crippen molar-refractivity contribution < 1.29 is 4.79 Å². The first kappa shape index (κ1) is 11.9. The second-order valence-corrected chi connectivity index (χ2v) is 3.77. The fourth-order valence-electron chi connectivity index (χ4n) is 1.47. The second kappa shape index (κ2) is 5.63. The summed E-state index contributed by atoms with van der Waals surface area (Å²) in [6, 6.07) is 7.75. The van der Waals surface area contributed by atoms with E-state index in [-0.39, 0.29) is 11.8 Å². The van der Waals surface area contributed by atoms with Crippen LogP contribution in [0.15, 0.2) is 24.3 Å². The van der Waals surface area contributed by atoms with Crippen molar-refractivity contribution in [3.8, 4) is 0 Å². The van der Waals surface area contributed by atoms with E-state index in [9.17, 15) is 4.79 Å². The molecular formula is C12H18N2O. The summed E-state index contributed by atoms with van der Waals surface area (Å²) in [5, 5.41) is 3.09. The molecule has 0 fully saturated rings. The summed E-state index contributed by atoms with van der Waals surface area (Å²) in [4.78, 5) is 11.0. The Bertz CT molecular complexity index is 336. The van der Waals surface area contributed by atoms with Crippen molar-refractivity contribution in [3.05, 3.63) is 35.4 Å². The lowest BCUT2D eigenvalue weighted by Crippen LogP contribution is -2.30. The lowest BCUT2D eigenvalue weighted by Gasteiger charge is -2.09. The molecular weight excluding hydrogens is 188 g/mol. The number of rotatable bonds is 5. The van der Waals surface area contributed by atoms with Crippen molar-refractivity contribution in [3.63, 3.8) is 0 Å². The van der Waals surface area contributed by atoms with Gasteiger partial charge in [0.2, 0.25) is 0 Å². The van der Waals surface area contributed by atoms with Crippen LogP contribution in [-0.4, -0.2) is 18.9 Å². The Morgan fingerprint density at radius 1 is 1.47 bits per heavy atom. The monoisotopic (exact) mass is 206 g/mol. The average molecular weight is 206 g/mol. The summed E-state index contributed by atoms with van der Waals surface area (Å²) in [7, 11) is 1.91. The van der Waals surface area contributed by atoms with Gasteiger partial charge in [-0.1, -0.05) is 24.3 Å². The summed E-state index contributed by atoms with van der Waals surface area (Å²) in [6.45, 7) is 2.37. The van der Waals surface area contributed by atoms with E-state index < -0.39 is 0 Å². The number of carbonyl (C=O) groups is 1. The van der Waals surface area contributed by atoms with Gasteiger partial charge in [-0.05, 0) is 31.5 Å². The van der Waals surface area contributed by atoms with Gasteiger partial charge < -0.3 is 11.1 Å². The number of hydrogen-bond acceptors (Lipinski definition) is 3. The molecule has 82 valence electrons. The van der Waals surface area contributed by atoms with Crippen LogP contribution in [0.2, 0.25) is 0 Å². The van der Waals surface area contributed by atoms with Crippen molar-refractivity contribution >= 4 is 5.78 Å². The first-order valence-corrected chi connectivity index (χ1v) is 5.12. The van der Waals surface area contributed by atoms with Crippen LogP contribution in [0.5, 0.6) is 0 Å². The van der Waals surface area contributed by atoms with Gasteiger partial charge in [0.25, 0.3) is 0 Å².